The first-order valence-corrected chi connectivity index (χ1v) is 12.4. The second-order valence-corrected chi connectivity index (χ2v) is 9.40. The second-order valence-electron chi connectivity index (χ2n) is 8.41. The van der Waals surface area contributed by atoms with E-state index in [-0.39, 0.29) is 25.3 Å². The van der Waals surface area contributed by atoms with Crippen molar-refractivity contribution >= 4 is 29.5 Å². The lowest BCUT2D eigenvalue weighted by atomic mass is 9.78. The summed E-state index contributed by atoms with van der Waals surface area (Å²) in [7, 11) is 0. The highest BCUT2D eigenvalue weighted by Crippen LogP contribution is 2.50. The maximum absolute atomic E-state index is 13.4. The van der Waals surface area contributed by atoms with E-state index < -0.39 is 35.3 Å². The van der Waals surface area contributed by atoms with Crippen LogP contribution in [0, 0.1) is 24.2 Å². The Morgan fingerprint density at radius 1 is 1.15 bits per heavy atom. The number of terminal acetylenes is 1. The minimum absolute atomic E-state index is 0.0932. The second kappa shape index (κ2) is 9.92. The van der Waals surface area contributed by atoms with Gasteiger partial charge in [0, 0.05) is 19.0 Å². The Balaban J connectivity index is 1.68. The van der Waals surface area contributed by atoms with Crippen molar-refractivity contribution in [3.05, 3.63) is 60.2 Å². The SMILES string of the molecule is C#CCCN1C(=O)C2C(c3ccc(Oc4ccccc4)cc3)NC(CCSC)(C(=O)O)C2C1=O. The van der Waals surface area contributed by atoms with Crippen LogP contribution in [0.15, 0.2) is 54.6 Å². The number of hydrogen-bond donors (Lipinski definition) is 2. The molecule has 4 rings (SSSR count). The van der Waals surface area contributed by atoms with Crippen LogP contribution in [-0.2, 0) is 14.4 Å². The monoisotopic (exact) mass is 478 g/mol. The number of likely N-dealkylation sites (tertiary alicyclic amines) is 1. The van der Waals surface area contributed by atoms with Crippen LogP contribution in [0.1, 0.15) is 24.4 Å². The topological polar surface area (TPSA) is 95.9 Å². The van der Waals surface area contributed by atoms with E-state index >= 15 is 0 Å². The van der Waals surface area contributed by atoms with Gasteiger partial charge in [-0.1, -0.05) is 30.3 Å². The van der Waals surface area contributed by atoms with Crippen molar-refractivity contribution in [3.8, 4) is 23.8 Å². The number of imide groups is 1. The van der Waals surface area contributed by atoms with E-state index in [1.54, 1.807) is 24.3 Å². The smallest absolute Gasteiger partial charge is 0.324 e. The Morgan fingerprint density at radius 2 is 1.82 bits per heavy atom. The summed E-state index contributed by atoms with van der Waals surface area (Å²) in [6.07, 6.45) is 7.68. The Labute approximate surface area is 202 Å². The van der Waals surface area contributed by atoms with Gasteiger partial charge in [0.05, 0.1) is 11.8 Å². The van der Waals surface area contributed by atoms with Gasteiger partial charge in [-0.2, -0.15) is 11.8 Å². The van der Waals surface area contributed by atoms with Gasteiger partial charge in [0.15, 0.2) is 0 Å². The Hall–Kier alpha value is -3.28. The zero-order chi connectivity index (χ0) is 24.3. The molecule has 2 aliphatic rings. The number of rotatable bonds is 9. The first-order chi connectivity index (χ1) is 16.4. The van der Waals surface area contributed by atoms with E-state index in [1.165, 1.54) is 11.8 Å². The molecule has 2 N–H and O–H groups in total. The fourth-order valence-electron chi connectivity index (χ4n) is 4.91. The number of aliphatic carboxylic acids is 1. The maximum Gasteiger partial charge on any atom is 0.324 e. The van der Waals surface area contributed by atoms with Crippen molar-refractivity contribution in [1.82, 2.24) is 10.2 Å². The molecule has 2 aromatic rings. The highest BCUT2D eigenvalue weighted by atomic mass is 32.2. The van der Waals surface area contributed by atoms with Crippen LogP contribution in [0.3, 0.4) is 0 Å². The molecule has 2 aliphatic heterocycles. The zero-order valence-electron chi connectivity index (χ0n) is 18.8. The molecule has 2 fully saturated rings. The fraction of sp³-hybridized carbons (Fsp3) is 0.346. The average Bonchev–Trinajstić information content (AvgIpc) is 3.32. The number of amides is 2. The van der Waals surface area contributed by atoms with Crippen LogP contribution in [0.5, 0.6) is 11.5 Å². The van der Waals surface area contributed by atoms with Gasteiger partial charge >= 0.3 is 5.97 Å². The summed E-state index contributed by atoms with van der Waals surface area (Å²) >= 11 is 1.50. The Kier molecular flexibility index (Phi) is 6.96. The van der Waals surface area contributed by atoms with Crippen LogP contribution >= 0.6 is 11.8 Å². The number of benzene rings is 2. The summed E-state index contributed by atoms with van der Waals surface area (Å²) in [6.45, 7) is 0.0932. The third-order valence-corrected chi connectivity index (χ3v) is 7.14. The van der Waals surface area contributed by atoms with Crippen molar-refractivity contribution in [3.63, 3.8) is 0 Å². The number of hydrogen-bond acceptors (Lipinski definition) is 6. The number of carboxylic acid groups (broad SMARTS) is 1. The third-order valence-electron chi connectivity index (χ3n) is 6.53. The van der Waals surface area contributed by atoms with Gasteiger partial charge in [0.1, 0.15) is 17.0 Å². The number of nitrogens with zero attached hydrogens (tertiary/aromatic N) is 1. The van der Waals surface area contributed by atoms with Crippen LogP contribution in [0.2, 0.25) is 0 Å². The highest BCUT2D eigenvalue weighted by molar-refractivity contribution is 7.98. The minimum Gasteiger partial charge on any atom is -0.480 e. The quantitative estimate of drug-likeness (QED) is 0.422. The molecule has 0 saturated carbocycles. The van der Waals surface area contributed by atoms with Crippen LogP contribution in [0.25, 0.3) is 0 Å². The van der Waals surface area contributed by atoms with E-state index in [0.717, 1.165) is 10.5 Å². The average molecular weight is 479 g/mol. The molecule has 0 spiro atoms. The molecular formula is C26H26N2O5S. The van der Waals surface area contributed by atoms with Crippen molar-refractivity contribution in [2.75, 3.05) is 18.6 Å². The van der Waals surface area contributed by atoms with E-state index in [2.05, 4.69) is 11.2 Å². The van der Waals surface area contributed by atoms with E-state index in [9.17, 15) is 19.5 Å². The predicted octanol–water partition coefficient (Wildman–Crippen LogP) is 3.32. The molecule has 0 aliphatic carbocycles. The number of thioether (sulfide) groups is 1. The van der Waals surface area contributed by atoms with Gasteiger partial charge in [-0.15, -0.1) is 12.3 Å². The largest absolute Gasteiger partial charge is 0.480 e. The lowest BCUT2D eigenvalue weighted by Crippen LogP contribution is -2.56. The van der Waals surface area contributed by atoms with Crippen molar-refractivity contribution in [1.29, 1.82) is 0 Å². The molecule has 176 valence electrons. The molecule has 2 heterocycles. The number of nitrogens with one attached hydrogen (secondary N) is 1. The van der Waals surface area contributed by atoms with E-state index in [1.807, 2.05) is 36.6 Å². The van der Waals surface area contributed by atoms with Gasteiger partial charge in [0.2, 0.25) is 11.8 Å². The summed E-state index contributed by atoms with van der Waals surface area (Å²) < 4.78 is 5.85. The number of carbonyl (C=O) groups is 3. The number of para-hydroxylation sites is 1. The van der Waals surface area contributed by atoms with Gasteiger partial charge < -0.3 is 9.84 Å². The van der Waals surface area contributed by atoms with Crippen LogP contribution in [-0.4, -0.2) is 51.9 Å². The number of carbonyl (C=O) groups excluding carboxylic acids is 2. The number of ether oxygens (including phenoxy) is 1. The lowest BCUT2D eigenvalue weighted by molar-refractivity contribution is -0.151. The number of fused-ring (bicyclic) bond motifs is 1. The fourth-order valence-corrected chi connectivity index (χ4v) is 5.44. The summed E-state index contributed by atoms with van der Waals surface area (Å²) in [4.78, 5) is 40.4. The first-order valence-electron chi connectivity index (χ1n) is 11.0. The number of carboxylic acids is 1. The van der Waals surface area contributed by atoms with Crippen LogP contribution in [0.4, 0.5) is 0 Å². The standard InChI is InChI=1S/C26H26N2O5S/c1-3-4-15-28-23(29)20-21(24(28)30)26(25(31)32,14-16-34-2)27-22(20)17-10-12-19(13-11-17)33-18-8-6-5-7-9-18/h1,5-13,20-22,27H,4,14-16H2,2H3,(H,31,32). The Bertz CT molecular complexity index is 1110. The molecule has 0 radical (unpaired) electrons. The molecule has 2 saturated heterocycles. The zero-order valence-corrected chi connectivity index (χ0v) is 19.6. The summed E-state index contributed by atoms with van der Waals surface area (Å²) in [5, 5.41) is 13.5. The predicted molar refractivity (Wildman–Crippen MR) is 129 cm³/mol. The first kappa shape index (κ1) is 23.9. The van der Waals surface area contributed by atoms with Gasteiger partial charge in [-0.05, 0) is 48.3 Å². The molecule has 4 atom stereocenters. The van der Waals surface area contributed by atoms with Crippen molar-refractivity contribution < 1.29 is 24.2 Å². The summed E-state index contributed by atoms with van der Waals surface area (Å²) in [5.41, 5.74) is -0.808. The molecule has 8 heteroatoms. The van der Waals surface area contributed by atoms with Crippen molar-refractivity contribution in [2.45, 2.75) is 24.4 Å². The molecule has 2 aromatic carbocycles. The van der Waals surface area contributed by atoms with Crippen molar-refractivity contribution in [2.24, 2.45) is 11.8 Å². The molecular weight excluding hydrogens is 452 g/mol. The maximum atomic E-state index is 13.4. The molecule has 2 amide bonds. The van der Waals surface area contributed by atoms with Gasteiger partial charge in [-0.25, -0.2) is 0 Å². The molecule has 0 bridgehead atoms. The molecule has 0 aromatic heterocycles. The van der Waals surface area contributed by atoms with Gasteiger partial charge in [-0.3, -0.25) is 24.6 Å². The molecule has 7 nitrogen and oxygen atoms in total. The molecule has 4 unspecified atom stereocenters. The lowest BCUT2D eigenvalue weighted by Gasteiger charge is -2.31. The van der Waals surface area contributed by atoms with E-state index in [0.29, 0.717) is 17.3 Å². The normalized spacial score (nSPS) is 25.8. The van der Waals surface area contributed by atoms with Crippen LogP contribution < -0.4 is 10.1 Å². The summed E-state index contributed by atoms with van der Waals surface area (Å²) in [5.74, 6) is 0.518. The highest BCUT2D eigenvalue weighted by Gasteiger charge is 2.68. The van der Waals surface area contributed by atoms with E-state index in [4.69, 9.17) is 11.2 Å². The van der Waals surface area contributed by atoms with Gasteiger partial charge in [0.25, 0.3) is 0 Å². The Morgan fingerprint density at radius 3 is 2.44 bits per heavy atom. The minimum atomic E-state index is -1.53. The summed E-state index contributed by atoms with van der Waals surface area (Å²) in [6, 6.07) is 15.9. The third kappa shape index (κ3) is 4.17. The molecule has 34 heavy (non-hydrogen) atoms.